The molecule has 2 aliphatic rings. The summed E-state index contributed by atoms with van der Waals surface area (Å²) in [6, 6.07) is 0. The van der Waals surface area contributed by atoms with Gasteiger partial charge in [-0.3, -0.25) is 4.79 Å². The summed E-state index contributed by atoms with van der Waals surface area (Å²) in [7, 11) is 0. The van der Waals surface area contributed by atoms with Gasteiger partial charge >= 0.3 is 0 Å². The molecule has 0 bridgehead atoms. The van der Waals surface area contributed by atoms with Crippen LogP contribution in [-0.2, 0) is 4.79 Å². The maximum atomic E-state index is 11.9. The highest BCUT2D eigenvalue weighted by molar-refractivity contribution is 5.79. The van der Waals surface area contributed by atoms with Gasteiger partial charge in [0.1, 0.15) is 5.78 Å². The van der Waals surface area contributed by atoms with Crippen molar-refractivity contribution in [1.82, 2.24) is 0 Å². The normalized spacial score (nSPS) is 25.9. The lowest BCUT2D eigenvalue weighted by molar-refractivity contribution is -0.121. The van der Waals surface area contributed by atoms with Crippen molar-refractivity contribution in [2.75, 3.05) is 0 Å². The molecule has 2 aliphatic carbocycles. The van der Waals surface area contributed by atoms with Crippen LogP contribution in [0.2, 0.25) is 0 Å². The number of hydrogen-bond donors (Lipinski definition) is 1. The average molecular weight is 209 g/mol. The second-order valence-electron chi connectivity index (χ2n) is 5.64. The van der Waals surface area contributed by atoms with Crippen molar-refractivity contribution in [3.05, 3.63) is 0 Å². The van der Waals surface area contributed by atoms with Crippen molar-refractivity contribution >= 4 is 5.78 Å². The van der Waals surface area contributed by atoms with Crippen molar-refractivity contribution in [2.45, 2.75) is 69.7 Å². The monoisotopic (exact) mass is 209 g/mol. The van der Waals surface area contributed by atoms with Gasteiger partial charge in [-0.2, -0.15) is 0 Å². The average Bonchev–Trinajstić information content (AvgIpc) is 2.76. The third kappa shape index (κ3) is 3.04. The Kier molecular flexibility index (Phi) is 3.45. The number of hydrogen-bond acceptors (Lipinski definition) is 2. The van der Waals surface area contributed by atoms with Gasteiger partial charge in [0.15, 0.2) is 0 Å². The Bertz CT molecular complexity index is 225. The van der Waals surface area contributed by atoms with E-state index in [9.17, 15) is 4.79 Å². The minimum Gasteiger partial charge on any atom is -0.325 e. The van der Waals surface area contributed by atoms with Crippen LogP contribution in [0.3, 0.4) is 0 Å². The van der Waals surface area contributed by atoms with E-state index in [1.165, 1.54) is 38.5 Å². The first-order valence-corrected chi connectivity index (χ1v) is 6.49. The fourth-order valence-corrected chi connectivity index (χ4v) is 3.26. The second-order valence-corrected chi connectivity index (χ2v) is 5.64. The standard InChI is InChI=1S/C13H23NO/c14-13(7-3-4-8-13)10-12(15)9-11-5-1-2-6-11/h11H,1-10,14H2. The molecule has 0 heterocycles. The molecular formula is C13H23NO. The van der Waals surface area contributed by atoms with E-state index in [-0.39, 0.29) is 5.54 Å². The third-order valence-corrected chi connectivity index (χ3v) is 4.14. The summed E-state index contributed by atoms with van der Waals surface area (Å²) in [6.07, 6.45) is 11.2. The van der Waals surface area contributed by atoms with Crippen molar-refractivity contribution < 1.29 is 4.79 Å². The lowest BCUT2D eigenvalue weighted by atomic mass is 9.88. The molecule has 2 N–H and O–H groups in total. The van der Waals surface area contributed by atoms with Crippen molar-refractivity contribution in [3.63, 3.8) is 0 Å². The van der Waals surface area contributed by atoms with Crippen LogP contribution < -0.4 is 5.73 Å². The molecular weight excluding hydrogens is 186 g/mol. The van der Waals surface area contributed by atoms with Gasteiger partial charge in [0.25, 0.3) is 0 Å². The number of Topliss-reactive ketones (excluding diaryl/α,β-unsaturated/α-hetero) is 1. The molecule has 2 rings (SSSR count). The molecule has 0 unspecified atom stereocenters. The van der Waals surface area contributed by atoms with Crippen LogP contribution in [0.1, 0.15) is 64.2 Å². The highest BCUT2D eigenvalue weighted by Gasteiger charge is 2.32. The van der Waals surface area contributed by atoms with Gasteiger partial charge in [-0.25, -0.2) is 0 Å². The molecule has 0 amide bonds. The highest BCUT2D eigenvalue weighted by Crippen LogP contribution is 2.33. The maximum absolute atomic E-state index is 11.9. The summed E-state index contributed by atoms with van der Waals surface area (Å²) in [5, 5.41) is 0. The fraction of sp³-hybridized carbons (Fsp3) is 0.923. The second kappa shape index (κ2) is 4.65. The Labute approximate surface area is 92.6 Å². The Hall–Kier alpha value is -0.370. The van der Waals surface area contributed by atoms with E-state index in [2.05, 4.69) is 0 Å². The van der Waals surface area contributed by atoms with E-state index >= 15 is 0 Å². The van der Waals surface area contributed by atoms with E-state index in [1.54, 1.807) is 0 Å². The zero-order chi connectivity index (χ0) is 10.7. The number of ketones is 1. The van der Waals surface area contributed by atoms with E-state index in [1.807, 2.05) is 0 Å². The number of nitrogens with two attached hydrogens (primary N) is 1. The van der Waals surface area contributed by atoms with Gasteiger partial charge in [-0.15, -0.1) is 0 Å². The number of carbonyl (C=O) groups is 1. The van der Waals surface area contributed by atoms with E-state index in [0.29, 0.717) is 18.1 Å². The molecule has 0 radical (unpaired) electrons. The van der Waals surface area contributed by atoms with Crippen LogP contribution in [0.4, 0.5) is 0 Å². The van der Waals surface area contributed by atoms with Gasteiger partial charge in [0.05, 0.1) is 0 Å². The fourth-order valence-electron chi connectivity index (χ4n) is 3.26. The van der Waals surface area contributed by atoms with Crippen LogP contribution >= 0.6 is 0 Å². The molecule has 2 saturated carbocycles. The first kappa shape index (κ1) is 11.1. The van der Waals surface area contributed by atoms with Crippen LogP contribution in [0.5, 0.6) is 0 Å². The Morgan fingerprint density at radius 3 is 2.33 bits per heavy atom. The molecule has 0 aromatic rings. The van der Waals surface area contributed by atoms with E-state index in [0.717, 1.165) is 19.3 Å². The molecule has 15 heavy (non-hydrogen) atoms. The summed E-state index contributed by atoms with van der Waals surface area (Å²) < 4.78 is 0. The minimum atomic E-state index is -0.129. The molecule has 2 heteroatoms. The molecule has 0 aromatic heterocycles. The van der Waals surface area contributed by atoms with Crippen LogP contribution in [0.15, 0.2) is 0 Å². The highest BCUT2D eigenvalue weighted by atomic mass is 16.1. The van der Waals surface area contributed by atoms with Gasteiger partial charge in [-0.05, 0) is 18.8 Å². The molecule has 2 fully saturated rings. The van der Waals surface area contributed by atoms with Gasteiger partial charge in [0, 0.05) is 18.4 Å². The molecule has 0 atom stereocenters. The van der Waals surface area contributed by atoms with Crippen molar-refractivity contribution in [2.24, 2.45) is 11.7 Å². The predicted molar refractivity (Wildman–Crippen MR) is 61.6 cm³/mol. The Morgan fingerprint density at radius 1 is 1.13 bits per heavy atom. The number of carbonyl (C=O) groups excluding carboxylic acids is 1. The van der Waals surface area contributed by atoms with Gasteiger partial charge in [-0.1, -0.05) is 38.5 Å². The van der Waals surface area contributed by atoms with Crippen LogP contribution in [-0.4, -0.2) is 11.3 Å². The lowest BCUT2D eigenvalue weighted by Gasteiger charge is -2.23. The zero-order valence-electron chi connectivity index (χ0n) is 9.63. The largest absolute Gasteiger partial charge is 0.325 e. The Balaban J connectivity index is 1.76. The van der Waals surface area contributed by atoms with E-state index in [4.69, 9.17) is 5.73 Å². The first-order valence-electron chi connectivity index (χ1n) is 6.49. The molecule has 0 saturated heterocycles. The van der Waals surface area contributed by atoms with Crippen molar-refractivity contribution in [1.29, 1.82) is 0 Å². The molecule has 0 aliphatic heterocycles. The third-order valence-electron chi connectivity index (χ3n) is 4.14. The quantitative estimate of drug-likeness (QED) is 0.773. The minimum absolute atomic E-state index is 0.129. The summed E-state index contributed by atoms with van der Waals surface area (Å²) in [6.45, 7) is 0. The predicted octanol–water partition coefficient (Wildman–Crippen LogP) is 2.80. The molecule has 0 aromatic carbocycles. The van der Waals surface area contributed by atoms with Gasteiger partial charge < -0.3 is 5.73 Å². The molecule has 86 valence electrons. The lowest BCUT2D eigenvalue weighted by Crippen LogP contribution is -2.38. The molecule has 0 spiro atoms. The summed E-state index contributed by atoms with van der Waals surface area (Å²) in [4.78, 5) is 11.9. The Morgan fingerprint density at radius 2 is 1.73 bits per heavy atom. The van der Waals surface area contributed by atoms with Gasteiger partial charge in [0.2, 0.25) is 0 Å². The molecule has 2 nitrogen and oxygen atoms in total. The maximum Gasteiger partial charge on any atom is 0.135 e. The van der Waals surface area contributed by atoms with Crippen LogP contribution in [0.25, 0.3) is 0 Å². The topological polar surface area (TPSA) is 43.1 Å². The number of rotatable bonds is 4. The first-order chi connectivity index (χ1) is 7.18. The summed E-state index contributed by atoms with van der Waals surface area (Å²) in [5.74, 6) is 1.11. The summed E-state index contributed by atoms with van der Waals surface area (Å²) >= 11 is 0. The zero-order valence-corrected chi connectivity index (χ0v) is 9.63. The smallest absolute Gasteiger partial charge is 0.135 e. The SMILES string of the molecule is NC1(CC(=O)CC2CCCC2)CCCC1. The van der Waals surface area contributed by atoms with E-state index < -0.39 is 0 Å². The van der Waals surface area contributed by atoms with Crippen LogP contribution in [0, 0.1) is 5.92 Å². The van der Waals surface area contributed by atoms with Crippen molar-refractivity contribution in [3.8, 4) is 0 Å². The summed E-state index contributed by atoms with van der Waals surface area (Å²) in [5.41, 5.74) is 6.08.